The first-order chi connectivity index (χ1) is 8.56. The molecule has 1 aromatic carbocycles. The van der Waals surface area contributed by atoms with Gasteiger partial charge in [0.25, 0.3) is 5.91 Å². The molecule has 0 radical (unpaired) electrons. The maximum Gasteiger partial charge on any atom is 0.253 e. The second kappa shape index (κ2) is 5.36. The van der Waals surface area contributed by atoms with Crippen molar-refractivity contribution in [3.05, 3.63) is 34.1 Å². The molecule has 0 aromatic heterocycles. The highest BCUT2D eigenvalue weighted by atomic mass is 79.9. The number of hydrogen-bond acceptors (Lipinski definition) is 2. The number of halogens is 2. The quantitative estimate of drug-likeness (QED) is 0.901. The summed E-state index contributed by atoms with van der Waals surface area (Å²) in [4.78, 5) is 12.2. The molecule has 0 aliphatic heterocycles. The molecule has 5 heteroatoms. The van der Waals surface area contributed by atoms with E-state index in [-0.39, 0.29) is 11.4 Å². The molecular formula is C13H16BrFN2O. The highest BCUT2D eigenvalue weighted by Crippen LogP contribution is 2.29. The predicted octanol–water partition coefficient (Wildman–Crippen LogP) is 2.59. The normalized spacial score (nSPS) is 17.7. The summed E-state index contributed by atoms with van der Waals surface area (Å²) in [7, 11) is 0. The van der Waals surface area contributed by atoms with Crippen LogP contribution < -0.4 is 11.1 Å². The van der Waals surface area contributed by atoms with Crippen molar-refractivity contribution in [1.82, 2.24) is 5.32 Å². The molecule has 1 aromatic rings. The van der Waals surface area contributed by atoms with Crippen LogP contribution in [-0.2, 0) is 0 Å². The van der Waals surface area contributed by atoms with E-state index in [9.17, 15) is 9.18 Å². The molecule has 1 saturated carbocycles. The van der Waals surface area contributed by atoms with Crippen LogP contribution in [0.15, 0.2) is 22.7 Å². The highest BCUT2D eigenvalue weighted by molar-refractivity contribution is 9.10. The minimum absolute atomic E-state index is 0.270. The third-order valence-corrected chi connectivity index (χ3v) is 4.19. The molecule has 1 amide bonds. The van der Waals surface area contributed by atoms with Gasteiger partial charge in [-0.3, -0.25) is 4.79 Å². The number of nitrogens with one attached hydrogen (secondary N) is 1. The molecule has 18 heavy (non-hydrogen) atoms. The molecule has 3 N–H and O–H groups in total. The number of carbonyl (C=O) groups is 1. The fourth-order valence-corrected chi connectivity index (χ4v) is 2.84. The van der Waals surface area contributed by atoms with Gasteiger partial charge in [-0.1, -0.05) is 12.8 Å². The van der Waals surface area contributed by atoms with E-state index in [1.54, 1.807) is 0 Å². The Morgan fingerprint density at radius 3 is 2.72 bits per heavy atom. The van der Waals surface area contributed by atoms with E-state index in [4.69, 9.17) is 5.73 Å². The number of benzene rings is 1. The minimum atomic E-state index is -0.420. The maximum absolute atomic E-state index is 13.2. The lowest BCUT2D eigenvalue weighted by Gasteiger charge is -2.28. The Morgan fingerprint density at radius 1 is 1.44 bits per heavy atom. The van der Waals surface area contributed by atoms with E-state index in [1.165, 1.54) is 18.2 Å². The summed E-state index contributed by atoms with van der Waals surface area (Å²) in [5, 5.41) is 2.97. The second-order valence-corrected chi connectivity index (χ2v) is 5.62. The zero-order chi connectivity index (χ0) is 13.2. The summed E-state index contributed by atoms with van der Waals surface area (Å²) in [5.41, 5.74) is 5.76. The number of nitrogens with two attached hydrogens (primary N) is 1. The van der Waals surface area contributed by atoms with Gasteiger partial charge in [0.05, 0.1) is 11.1 Å². The largest absolute Gasteiger partial charge is 0.345 e. The van der Waals surface area contributed by atoms with Gasteiger partial charge in [0.1, 0.15) is 5.82 Å². The first-order valence-corrected chi connectivity index (χ1v) is 6.83. The number of rotatable bonds is 3. The van der Waals surface area contributed by atoms with Crippen LogP contribution in [0.2, 0.25) is 0 Å². The lowest BCUT2D eigenvalue weighted by atomic mass is 9.97. The van der Waals surface area contributed by atoms with Crippen molar-refractivity contribution in [2.24, 2.45) is 5.73 Å². The van der Waals surface area contributed by atoms with Crippen LogP contribution in [0.1, 0.15) is 36.0 Å². The van der Waals surface area contributed by atoms with Gasteiger partial charge in [0.2, 0.25) is 0 Å². The zero-order valence-electron chi connectivity index (χ0n) is 10.0. The molecule has 0 unspecified atom stereocenters. The van der Waals surface area contributed by atoms with Gasteiger partial charge in [-0.2, -0.15) is 0 Å². The zero-order valence-corrected chi connectivity index (χ0v) is 11.6. The van der Waals surface area contributed by atoms with E-state index >= 15 is 0 Å². The van der Waals surface area contributed by atoms with Crippen molar-refractivity contribution in [2.75, 3.05) is 6.54 Å². The topological polar surface area (TPSA) is 55.1 Å². The standard InChI is InChI=1S/C13H16BrFN2O/c14-11-4-3-9(15)7-10(11)12(18)17-13(8-16)5-1-2-6-13/h3-4,7H,1-2,5-6,8,16H2,(H,17,18). The first-order valence-electron chi connectivity index (χ1n) is 6.04. The van der Waals surface area contributed by atoms with Crippen LogP contribution in [0.5, 0.6) is 0 Å². The predicted molar refractivity (Wildman–Crippen MR) is 71.8 cm³/mol. The summed E-state index contributed by atoms with van der Waals surface area (Å²) in [6, 6.07) is 4.09. The Labute approximate surface area is 114 Å². The maximum atomic E-state index is 13.2. The SMILES string of the molecule is NCC1(NC(=O)c2cc(F)ccc2Br)CCCC1. The molecule has 0 atom stereocenters. The van der Waals surface area contributed by atoms with Crippen LogP contribution in [0.4, 0.5) is 4.39 Å². The van der Waals surface area contributed by atoms with Crippen molar-refractivity contribution in [3.8, 4) is 0 Å². The van der Waals surface area contributed by atoms with Crippen molar-refractivity contribution in [3.63, 3.8) is 0 Å². The highest BCUT2D eigenvalue weighted by Gasteiger charge is 2.34. The van der Waals surface area contributed by atoms with Crippen molar-refractivity contribution < 1.29 is 9.18 Å². The van der Waals surface area contributed by atoms with Crippen molar-refractivity contribution >= 4 is 21.8 Å². The van der Waals surface area contributed by atoms with Gasteiger partial charge in [-0.15, -0.1) is 0 Å². The van der Waals surface area contributed by atoms with E-state index in [1.807, 2.05) is 0 Å². The Kier molecular flexibility index (Phi) is 4.02. The molecule has 0 heterocycles. The van der Waals surface area contributed by atoms with Crippen LogP contribution in [0, 0.1) is 5.82 Å². The number of amides is 1. The third-order valence-electron chi connectivity index (χ3n) is 3.50. The lowest BCUT2D eigenvalue weighted by Crippen LogP contribution is -2.51. The van der Waals surface area contributed by atoms with Crippen LogP contribution in [0.25, 0.3) is 0 Å². The molecule has 98 valence electrons. The van der Waals surface area contributed by atoms with Gasteiger partial charge in [0, 0.05) is 11.0 Å². The van der Waals surface area contributed by atoms with Crippen LogP contribution in [0.3, 0.4) is 0 Å². The Morgan fingerprint density at radius 2 is 2.11 bits per heavy atom. The summed E-state index contributed by atoms with van der Waals surface area (Å²) in [6.45, 7) is 0.422. The van der Waals surface area contributed by atoms with Gasteiger partial charge < -0.3 is 11.1 Å². The third kappa shape index (κ3) is 2.72. The van der Waals surface area contributed by atoms with Crippen molar-refractivity contribution in [2.45, 2.75) is 31.2 Å². The fraction of sp³-hybridized carbons (Fsp3) is 0.462. The molecule has 1 aliphatic rings. The van der Waals surface area contributed by atoms with E-state index in [0.29, 0.717) is 16.6 Å². The average Bonchev–Trinajstić information content (AvgIpc) is 2.81. The molecular weight excluding hydrogens is 299 g/mol. The van der Waals surface area contributed by atoms with Gasteiger partial charge in [-0.05, 0) is 47.0 Å². The molecule has 2 rings (SSSR count). The van der Waals surface area contributed by atoms with E-state index < -0.39 is 5.82 Å². The summed E-state index contributed by atoms with van der Waals surface area (Å²) < 4.78 is 13.8. The first kappa shape index (κ1) is 13.5. The molecule has 1 aliphatic carbocycles. The van der Waals surface area contributed by atoms with Gasteiger partial charge in [-0.25, -0.2) is 4.39 Å². The monoisotopic (exact) mass is 314 g/mol. The molecule has 0 saturated heterocycles. The van der Waals surface area contributed by atoms with Crippen LogP contribution >= 0.6 is 15.9 Å². The summed E-state index contributed by atoms with van der Waals surface area (Å²) in [6.07, 6.45) is 3.92. The fourth-order valence-electron chi connectivity index (χ4n) is 2.41. The smallest absolute Gasteiger partial charge is 0.253 e. The Balaban J connectivity index is 2.18. The second-order valence-electron chi connectivity index (χ2n) is 4.77. The molecule has 0 bridgehead atoms. The molecule has 3 nitrogen and oxygen atoms in total. The molecule has 0 spiro atoms. The minimum Gasteiger partial charge on any atom is -0.345 e. The van der Waals surface area contributed by atoms with E-state index in [0.717, 1.165) is 25.7 Å². The summed E-state index contributed by atoms with van der Waals surface area (Å²) >= 11 is 3.26. The Hall–Kier alpha value is -0.940. The number of hydrogen-bond donors (Lipinski definition) is 2. The van der Waals surface area contributed by atoms with Crippen molar-refractivity contribution in [1.29, 1.82) is 0 Å². The lowest BCUT2D eigenvalue weighted by molar-refractivity contribution is 0.0902. The van der Waals surface area contributed by atoms with E-state index in [2.05, 4.69) is 21.2 Å². The molecule has 1 fully saturated rings. The van der Waals surface area contributed by atoms with Gasteiger partial charge in [0.15, 0.2) is 0 Å². The number of carbonyl (C=O) groups excluding carboxylic acids is 1. The Bertz CT molecular complexity index is 458. The van der Waals surface area contributed by atoms with Gasteiger partial charge >= 0.3 is 0 Å². The average molecular weight is 315 g/mol. The summed E-state index contributed by atoms with van der Waals surface area (Å²) in [5.74, 6) is -0.690. The van der Waals surface area contributed by atoms with Crippen LogP contribution in [-0.4, -0.2) is 18.0 Å².